The van der Waals surface area contributed by atoms with Crippen molar-refractivity contribution in [1.29, 1.82) is 0 Å². The van der Waals surface area contributed by atoms with Crippen LogP contribution >= 0.6 is 0 Å². The number of hydrogen-bond donors (Lipinski definition) is 1. The molecule has 1 amide bonds. The summed E-state index contributed by atoms with van der Waals surface area (Å²) in [7, 11) is 7.96. The number of carbonyl (C=O) groups excluding carboxylic acids is 1. The molecule has 1 heterocycles. The zero-order chi connectivity index (χ0) is 15.5. The Labute approximate surface area is 133 Å². The van der Waals surface area contributed by atoms with Gasteiger partial charge in [-0.25, -0.2) is 0 Å². The summed E-state index contributed by atoms with van der Waals surface area (Å²) in [5, 5.41) is 4.06. The summed E-state index contributed by atoms with van der Waals surface area (Å²) in [6.07, 6.45) is 9.63. The Bertz CT molecular complexity index is 669. The molecule has 0 spiro atoms. The van der Waals surface area contributed by atoms with Gasteiger partial charge in [-0.3, -0.25) is 4.79 Å². The average Bonchev–Trinajstić information content (AvgIpc) is 2.70. The molecule has 4 heteroatoms. The summed E-state index contributed by atoms with van der Waals surface area (Å²) in [4.78, 5) is 12.5. The first-order valence-corrected chi connectivity index (χ1v) is 8.28. The quantitative estimate of drug-likeness (QED) is 0.685. The van der Waals surface area contributed by atoms with Gasteiger partial charge in [0.05, 0.1) is 5.56 Å². The number of benzene rings is 1. The van der Waals surface area contributed by atoms with Gasteiger partial charge < -0.3 is 9.88 Å². The second-order valence-electron chi connectivity index (χ2n) is 6.46. The lowest BCUT2D eigenvalue weighted by atomic mass is 9.93. The van der Waals surface area contributed by atoms with Crippen LogP contribution in [0, 0.1) is 5.92 Å². The van der Waals surface area contributed by atoms with E-state index in [0.29, 0.717) is 11.4 Å². The second-order valence-corrected chi connectivity index (χ2v) is 6.46. The van der Waals surface area contributed by atoms with Gasteiger partial charge in [0, 0.05) is 30.7 Å². The van der Waals surface area contributed by atoms with Crippen LogP contribution in [0.2, 0.25) is 0 Å². The molecule has 0 saturated heterocycles. The molecule has 1 aromatic carbocycles. The normalized spacial score (nSPS) is 16.6. The third kappa shape index (κ3) is 3.06. The van der Waals surface area contributed by atoms with E-state index in [1.807, 2.05) is 36.0 Å². The molecule has 0 unspecified atom stereocenters. The van der Waals surface area contributed by atoms with Gasteiger partial charge in [-0.05, 0) is 18.8 Å². The highest BCUT2D eigenvalue weighted by atomic mass is 16.1. The molecule has 22 heavy (non-hydrogen) atoms. The minimum absolute atomic E-state index is 0.0143. The van der Waals surface area contributed by atoms with Crippen LogP contribution in [0.3, 0.4) is 0 Å². The molecule has 1 aliphatic rings. The van der Waals surface area contributed by atoms with E-state index in [1.54, 1.807) is 0 Å². The van der Waals surface area contributed by atoms with Crippen molar-refractivity contribution in [3.05, 3.63) is 30.0 Å². The molecule has 114 valence electrons. The van der Waals surface area contributed by atoms with Gasteiger partial charge in [-0.15, -0.1) is 0 Å². The highest BCUT2D eigenvalue weighted by Crippen LogP contribution is 2.23. The number of nitrogens with zero attached hydrogens (tertiary/aromatic N) is 1. The van der Waals surface area contributed by atoms with Crippen molar-refractivity contribution in [3.8, 4) is 0 Å². The molecule has 1 aliphatic carbocycles. The van der Waals surface area contributed by atoms with Crippen LogP contribution in [0.15, 0.2) is 24.4 Å². The van der Waals surface area contributed by atoms with Crippen molar-refractivity contribution in [2.75, 3.05) is 6.54 Å². The minimum atomic E-state index is 0.0143. The Hall–Kier alpha value is -1.71. The maximum Gasteiger partial charge on any atom is 0.253 e. The van der Waals surface area contributed by atoms with E-state index in [0.717, 1.165) is 23.0 Å². The molecular formula is C18H23BN2O. The Balaban J connectivity index is 1.74. The van der Waals surface area contributed by atoms with Crippen LogP contribution in [0.5, 0.6) is 0 Å². The molecular weight excluding hydrogens is 271 g/mol. The Kier molecular flexibility index (Phi) is 4.56. The molecule has 1 fully saturated rings. The van der Waals surface area contributed by atoms with Gasteiger partial charge in [0.1, 0.15) is 7.85 Å². The van der Waals surface area contributed by atoms with E-state index in [9.17, 15) is 4.79 Å². The van der Waals surface area contributed by atoms with E-state index in [-0.39, 0.29) is 5.91 Å². The zero-order valence-electron chi connectivity index (χ0n) is 13.3. The van der Waals surface area contributed by atoms with E-state index < -0.39 is 0 Å². The highest BCUT2D eigenvalue weighted by Gasteiger charge is 2.17. The first-order chi connectivity index (χ1) is 10.7. The molecule has 3 nitrogen and oxygen atoms in total. The molecule has 1 aromatic heterocycles. The fourth-order valence-corrected chi connectivity index (χ4v) is 3.58. The summed E-state index contributed by atoms with van der Waals surface area (Å²) in [5.74, 6) is 0.645. The number of rotatable bonds is 3. The van der Waals surface area contributed by atoms with Crippen molar-refractivity contribution in [3.63, 3.8) is 0 Å². The highest BCUT2D eigenvalue weighted by molar-refractivity contribution is 6.38. The van der Waals surface area contributed by atoms with Gasteiger partial charge in [0.15, 0.2) is 0 Å². The molecule has 2 aromatic rings. The molecule has 0 aliphatic heterocycles. The SMILES string of the molecule is [B]c1cccc2c(C(=O)NCC3CCCCCC3)cn(C)c12. The lowest BCUT2D eigenvalue weighted by Crippen LogP contribution is -2.29. The number of para-hydroxylation sites is 1. The Morgan fingerprint density at radius 3 is 2.73 bits per heavy atom. The van der Waals surface area contributed by atoms with Gasteiger partial charge >= 0.3 is 0 Å². The van der Waals surface area contributed by atoms with Crippen LogP contribution < -0.4 is 10.8 Å². The molecule has 1 N–H and O–H groups in total. The molecule has 2 radical (unpaired) electrons. The number of aromatic nitrogens is 1. The van der Waals surface area contributed by atoms with Crippen LogP contribution in [0.1, 0.15) is 48.9 Å². The summed E-state index contributed by atoms with van der Waals surface area (Å²) < 4.78 is 1.94. The number of carbonyl (C=O) groups is 1. The van der Waals surface area contributed by atoms with Crippen LogP contribution in [-0.4, -0.2) is 24.9 Å². The Morgan fingerprint density at radius 1 is 1.27 bits per heavy atom. The third-order valence-corrected chi connectivity index (χ3v) is 4.80. The van der Waals surface area contributed by atoms with E-state index >= 15 is 0 Å². The number of aryl methyl sites for hydroxylation is 1. The van der Waals surface area contributed by atoms with Gasteiger partial charge in [-0.2, -0.15) is 0 Å². The number of amides is 1. The first kappa shape index (κ1) is 15.2. The zero-order valence-corrected chi connectivity index (χ0v) is 13.3. The van der Waals surface area contributed by atoms with Crippen molar-refractivity contribution in [2.45, 2.75) is 38.5 Å². The van der Waals surface area contributed by atoms with Crippen molar-refractivity contribution in [1.82, 2.24) is 9.88 Å². The largest absolute Gasteiger partial charge is 0.352 e. The maximum absolute atomic E-state index is 12.5. The minimum Gasteiger partial charge on any atom is -0.352 e. The lowest BCUT2D eigenvalue weighted by Gasteiger charge is -2.14. The summed E-state index contributed by atoms with van der Waals surface area (Å²) >= 11 is 0. The fourth-order valence-electron chi connectivity index (χ4n) is 3.58. The number of hydrogen-bond acceptors (Lipinski definition) is 1. The van der Waals surface area contributed by atoms with Crippen LogP contribution in [-0.2, 0) is 7.05 Å². The predicted molar refractivity (Wildman–Crippen MR) is 91.8 cm³/mol. The molecule has 3 rings (SSSR count). The molecule has 1 saturated carbocycles. The first-order valence-electron chi connectivity index (χ1n) is 8.28. The average molecular weight is 294 g/mol. The molecule has 0 bridgehead atoms. The third-order valence-electron chi connectivity index (χ3n) is 4.80. The van der Waals surface area contributed by atoms with Crippen molar-refractivity contribution in [2.24, 2.45) is 13.0 Å². The topological polar surface area (TPSA) is 34.0 Å². The number of fused-ring (bicyclic) bond motifs is 1. The van der Waals surface area contributed by atoms with Crippen LogP contribution in [0.25, 0.3) is 10.9 Å². The number of nitrogens with one attached hydrogen (secondary N) is 1. The lowest BCUT2D eigenvalue weighted by molar-refractivity contribution is 0.0947. The van der Waals surface area contributed by atoms with Crippen molar-refractivity contribution >= 4 is 30.1 Å². The van der Waals surface area contributed by atoms with E-state index in [4.69, 9.17) is 7.85 Å². The molecule has 0 atom stereocenters. The van der Waals surface area contributed by atoms with Crippen LogP contribution in [0.4, 0.5) is 0 Å². The Morgan fingerprint density at radius 2 is 2.00 bits per heavy atom. The van der Waals surface area contributed by atoms with Gasteiger partial charge in [0.25, 0.3) is 5.91 Å². The van der Waals surface area contributed by atoms with Gasteiger partial charge in [0.2, 0.25) is 0 Å². The second kappa shape index (κ2) is 6.59. The monoisotopic (exact) mass is 294 g/mol. The summed E-state index contributed by atoms with van der Waals surface area (Å²) in [6.45, 7) is 0.789. The summed E-state index contributed by atoms with van der Waals surface area (Å²) in [5.41, 5.74) is 2.36. The predicted octanol–water partition coefficient (Wildman–Crippen LogP) is 2.67. The van der Waals surface area contributed by atoms with E-state index in [1.165, 1.54) is 38.5 Å². The standard InChI is InChI=1S/C18H23BN2O/c1-21-12-15(14-9-6-10-16(19)17(14)21)18(22)20-11-13-7-4-2-3-5-8-13/h6,9-10,12-13H,2-5,7-8,11H2,1H3,(H,20,22). The maximum atomic E-state index is 12.5. The van der Waals surface area contributed by atoms with E-state index in [2.05, 4.69) is 5.32 Å². The fraction of sp³-hybridized carbons (Fsp3) is 0.500. The smallest absolute Gasteiger partial charge is 0.253 e. The van der Waals surface area contributed by atoms with Gasteiger partial charge in [-0.1, -0.05) is 49.3 Å². The van der Waals surface area contributed by atoms with Crippen molar-refractivity contribution < 1.29 is 4.79 Å². The summed E-state index contributed by atoms with van der Waals surface area (Å²) in [6, 6.07) is 5.74.